The second kappa shape index (κ2) is 5.87. The molecule has 0 saturated heterocycles. The van der Waals surface area contributed by atoms with Crippen LogP contribution in [0.3, 0.4) is 0 Å². The van der Waals surface area contributed by atoms with E-state index in [4.69, 9.17) is 0 Å². The van der Waals surface area contributed by atoms with Gasteiger partial charge >= 0.3 is 0 Å². The van der Waals surface area contributed by atoms with Crippen molar-refractivity contribution >= 4 is 48.9 Å². The van der Waals surface area contributed by atoms with Gasteiger partial charge in [0.15, 0.2) is 0 Å². The summed E-state index contributed by atoms with van der Waals surface area (Å²) in [6.45, 7) is 2.03. The molecule has 0 aliphatic heterocycles. The molecule has 0 saturated carbocycles. The van der Waals surface area contributed by atoms with E-state index in [1.54, 1.807) is 11.3 Å². The third-order valence-electron chi connectivity index (χ3n) is 2.45. The molecular formula is C13H10Br2N2S. The lowest BCUT2D eigenvalue weighted by atomic mass is 10.2. The monoisotopic (exact) mass is 384 g/mol. The zero-order valence-electron chi connectivity index (χ0n) is 9.58. The Morgan fingerprint density at radius 2 is 1.94 bits per heavy atom. The Hall–Kier alpha value is -0.830. The molecule has 2 nitrogen and oxygen atoms in total. The predicted molar refractivity (Wildman–Crippen MR) is 82.9 cm³/mol. The van der Waals surface area contributed by atoms with Gasteiger partial charge in [0.25, 0.3) is 0 Å². The Bertz CT molecular complexity index is 565. The molecule has 1 aromatic heterocycles. The molecule has 1 heterocycles. The fraction of sp³-hybridized carbons (Fsp3) is 0.154. The number of nitriles is 1. The van der Waals surface area contributed by atoms with Crippen LogP contribution < -0.4 is 5.32 Å². The molecule has 2 aromatic rings. The number of thiophene rings is 1. The highest BCUT2D eigenvalue weighted by molar-refractivity contribution is 9.10. The molecule has 5 heteroatoms. The number of nitrogens with one attached hydrogen (secondary N) is 1. The number of hydrogen-bond donors (Lipinski definition) is 1. The Morgan fingerprint density at radius 1 is 1.28 bits per heavy atom. The average molecular weight is 386 g/mol. The van der Waals surface area contributed by atoms with Crippen LogP contribution in [0.25, 0.3) is 0 Å². The second-order valence-electron chi connectivity index (χ2n) is 3.77. The molecule has 92 valence electrons. The van der Waals surface area contributed by atoms with Crippen LogP contribution >= 0.6 is 43.2 Å². The van der Waals surface area contributed by atoms with E-state index in [2.05, 4.69) is 43.2 Å². The first-order valence-electron chi connectivity index (χ1n) is 5.27. The smallest absolute Gasteiger partial charge is 0.149 e. The summed E-state index contributed by atoms with van der Waals surface area (Å²) in [7, 11) is 0. The average Bonchev–Trinajstić information content (AvgIpc) is 2.69. The van der Waals surface area contributed by atoms with Gasteiger partial charge in [-0.2, -0.15) is 5.26 Å². The second-order valence-corrected chi connectivity index (χ2v) is 6.82. The Morgan fingerprint density at radius 3 is 2.44 bits per heavy atom. The summed E-state index contributed by atoms with van der Waals surface area (Å²) in [5, 5.41) is 12.5. The number of anilines is 1. The van der Waals surface area contributed by atoms with Crippen LogP contribution in [0.15, 0.2) is 39.3 Å². The normalized spacial score (nSPS) is 11.9. The van der Waals surface area contributed by atoms with Crippen molar-refractivity contribution in [3.05, 3.63) is 49.0 Å². The molecular weight excluding hydrogens is 376 g/mol. The first-order valence-corrected chi connectivity index (χ1v) is 7.68. The van der Waals surface area contributed by atoms with Crippen molar-refractivity contribution in [1.82, 2.24) is 0 Å². The van der Waals surface area contributed by atoms with Crippen molar-refractivity contribution in [2.24, 2.45) is 0 Å². The van der Waals surface area contributed by atoms with Crippen molar-refractivity contribution < 1.29 is 0 Å². The molecule has 0 spiro atoms. The van der Waals surface area contributed by atoms with Crippen LogP contribution in [0.4, 0.5) is 5.69 Å². The topological polar surface area (TPSA) is 35.8 Å². The molecule has 1 atom stereocenters. The van der Waals surface area contributed by atoms with E-state index >= 15 is 0 Å². The van der Waals surface area contributed by atoms with Gasteiger partial charge in [-0.1, -0.05) is 15.9 Å². The molecule has 0 bridgehead atoms. The maximum absolute atomic E-state index is 9.27. The SMILES string of the molecule is Cc1sc(C(C#N)Nc2ccc(Br)cc2)cc1Br. The standard InChI is InChI=1S/C13H10Br2N2S/c1-8-11(15)6-13(18-8)12(7-16)17-10-4-2-9(14)3-5-10/h2-6,12,17H,1H3. The number of nitrogens with zero attached hydrogens (tertiary/aromatic N) is 1. The number of hydrogen-bond acceptors (Lipinski definition) is 3. The number of aryl methyl sites for hydroxylation is 1. The van der Waals surface area contributed by atoms with Crippen LogP contribution in [0.1, 0.15) is 15.8 Å². The van der Waals surface area contributed by atoms with Gasteiger partial charge in [0.2, 0.25) is 0 Å². The minimum Gasteiger partial charge on any atom is -0.366 e. The maximum atomic E-state index is 9.27. The van der Waals surface area contributed by atoms with E-state index in [1.165, 1.54) is 4.88 Å². The quantitative estimate of drug-likeness (QED) is 0.782. The van der Waals surface area contributed by atoms with Crippen LogP contribution in [0, 0.1) is 18.3 Å². The van der Waals surface area contributed by atoms with E-state index in [0.717, 1.165) is 19.5 Å². The van der Waals surface area contributed by atoms with E-state index in [0.29, 0.717) is 0 Å². The molecule has 1 aromatic carbocycles. The van der Waals surface area contributed by atoms with Crippen LogP contribution in [0.5, 0.6) is 0 Å². The minimum atomic E-state index is -0.318. The fourth-order valence-corrected chi connectivity index (χ4v) is 3.33. The van der Waals surface area contributed by atoms with Crippen LogP contribution in [-0.2, 0) is 0 Å². The molecule has 0 radical (unpaired) electrons. The third-order valence-corrected chi connectivity index (χ3v) is 5.18. The van der Waals surface area contributed by atoms with Crippen molar-refractivity contribution in [1.29, 1.82) is 5.26 Å². The van der Waals surface area contributed by atoms with Gasteiger partial charge in [-0.05, 0) is 53.2 Å². The van der Waals surface area contributed by atoms with Crippen molar-refractivity contribution in [2.45, 2.75) is 13.0 Å². The summed E-state index contributed by atoms with van der Waals surface area (Å²) >= 11 is 8.49. The van der Waals surface area contributed by atoms with Gasteiger partial charge in [-0.15, -0.1) is 11.3 Å². The largest absolute Gasteiger partial charge is 0.366 e. The first-order chi connectivity index (χ1) is 8.60. The van der Waals surface area contributed by atoms with Crippen molar-refractivity contribution in [2.75, 3.05) is 5.32 Å². The number of rotatable bonds is 3. The van der Waals surface area contributed by atoms with E-state index in [-0.39, 0.29) is 6.04 Å². The van der Waals surface area contributed by atoms with Crippen molar-refractivity contribution in [3.63, 3.8) is 0 Å². The predicted octanol–water partition coefficient (Wildman–Crippen LogP) is 5.26. The molecule has 0 aliphatic rings. The Balaban J connectivity index is 2.20. The van der Waals surface area contributed by atoms with E-state index in [1.807, 2.05) is 37.3 Å². The highest BCUT2D eigenvalue weighted by Crippen LogP contribution is 2.32. The fourth-order valence-electron chi connectivity index (χ4n) is 1.50. The van der Waals surface area contributed by atoms with Crippen LogP contribution in [0.2, 0.25) is 0 Å². The molecule has 0 aliphatic carbocycles. The molecule has 2 rings (SSSR count). The summed E-state index contributed by atoms with van der Waals surface area (Å²) in [6, 6.07) is 11.8. The van der Waals surface area contributed by atoms with Gasteiger partial charge in [0.1, 0.15) is 6.04 Å². The third kappa shape index (κ3) is 3.14. The summed E-state index contributed by atoms with van der Waals surface area (Å²) in [5.74, 6) is 0. The molecule has 1 N–H and O–H groups in total. The van der Waals surface area contributed by atoms with Gasteiger partial charge in [0, 0.05) is 24.4 Å². The Labute approximate surface area is 127 Å². The number of halogens is 2. The van der Waals surface area contributed by atoms with Crippen LogP contribution in [-0.4, -0.2) is 0 Å². The summed E-state index contributed by atoms with van der Waals surface area (Å²) in [6.07, 6.45) is 0. The van der Waals surface area contributed by atoms with Gasteiger partial charge in [0.05, 0.1) is 6.07 Å². The molecule has 1 unspecified atom stereocenters. The van der Waals surface area contributed by atoms with Gasteiger partial charge in [-0.3, -0.25) is 0 Å². The van der Waals surface area contributed by atoms with E-state index < -0.39 is 0 Å². The highest BCUT2D eigenvalue weighted by atomic mass is 79.9. The van der Waals surface area contributed by atoms with Gasteiger partial charge < -0.3 is 5.32 Å². The number of benzene rings is 1. The van der Waals surface area contributed by atoms with Crippen molar-refractivity contribution in [3.8, 4) is 6.07 Å². The lowest BCUT2D eigenvalue weighted by molar-refractivity contribution is 1.03. The Kier molecular flexibility index (Phi) is 4.44. The molecule has 0 amide bonds. The summed E-state index contributed by atoms with van der Waals surface area (Å²) < 4.78 is 2.08. The minimum absolute atomic E-state index is 0.318. The lowest BCUT2D eigenvalue weighted by Gasteiger charge is -2.11. The zero-order valence-corrected chi connectivity index (χ0v) is 13.6. The summed E-state index contributed by atoms with van der Waals surface area (Å²) in [4.78, 5) is 2.20. The maximum Gasteiger partial charge on any atom is 0.149 e. The lowest BCUT2D eigenvalue weighted by Crippen LogP contribution is -2.06. The highest BCUT2D eigenvalue weighted by Gasteiger charge is 2.14. The molecule has 0 fully saturated rings. The van der Waals surface area contributed by atoms with E-state index in [9.17, 15) is 5.26 Å². The van der Waals surface area contributed by atoms with Gasteiger partial charge in [-0.25, -0.2) is 0 Å². The molecule has 18 heavy (non-hydrogen) atoms. The first kappa shape index (κ1) is 13.6. The summed E-state index contributed by atoms with van der Waals surface area (Å²) in [5.41, 5.74) is 0.937. The zero-order chi connectivity index (χ0) is 13.1.